The predicted octanol–water partition coefficient (Wildman–Crippen LogP) is 2.63. The van der Waals surface area contributed by atoms with Crippen molar-refractivity contribution in [3.05, 3.63) is 0 Å². The van der Waals surface area contributed by atoms with Crippen LogP contribution in [0, 0.1) is 0 Å². The van der Waals surface area contributed by atoms with Crippen LogP contribution in [-0.4, -0.2) is 29.4 Å². The molecule has 2 saturated heterocycles. The highest BCUT2D eigenvalue weighted by molar-refractivity contribution is 6.18. The summed E-state index contributed by atoms with van der Waals surface area (Å²) in [5.41, 5.74) is 0. The van der Waals surface area contributed by atoms with Gasteiger partial charge in [0.2, 0.25) is 0 Å². The average Bonchev–Trinajstić information content (AvgIpc) is 2.17. The van der Waals surface area contributed by atoms with Crippen molar-refractivity contribution in [1.29, 1.82) is 0 Å². The minimum Gasteiger partial charge on any atom is -0.296 e. The topological polar surface area (TPSA) is 3.24 Å². The highest BCUT2D eigenvalue weighted by Gasteiger charge is 2.31. The van der Waals surface area contributed by atoms with Gasteiger partial charge in [0.25, 0.3) is 0 Å². The van der Waals surface area contributed by atoms with Crippen molar-refractivity contribution in [1.82, 2.24) is 4.90 Å². The molecule has 0 aromatic heterocycles. The van der Waals surface area contributed by atoms with E-state index in [1.54, 1.807) is 0 Å². The number of halogens is 1. The van der Waals surface area contributed by atoms with E-state index >= 15 is 0 Å². The fraction of sp³-hybridized carbons (Fsp3) is 1.00. The summed E-state index contributed by atoms with van der Waals surface area (Å²) in [6, 6.07) is 1.59. The fourth-order valence-corrected chi connectivity index (χ4v) is 3.07. The first kappa shape index (κ1) is 8.83. The minimum atomic E-state index is 0.700. The fourth-order valence-electron chi connectivity index (χ4n) is 2.73. The van der Waals surface area contributed by atoms with Gasteiger partial charge < -0.3 is 0 Å². The Morgan fingerprint density at radius 1 is 1.08 bits per heavy atom. The Balaban J connectivity index is 1.99. The molecule has 0 aromatic rings. The largest absolute Gasteiger partial charge is 0.296 e. The third kappa shape index (κ3) is 1.62. The monoisotopic (exact) mass is 187 g/mol. The number of hydrogen-bond donors (Lipinski definition) is 0. The lowest BCUT2D eigenvalue weighted by atomic mass is 9.89. The van der Waals surface area contributed by atoms with Crippen LogP contribution in [0.3, 0.4) is 0 Å². The Labute approximate surface area is 80.1 Å². The second-order valence-corrected chi connectivity index (χ2v) is 4.44. The summed E-state index contributed by atoms with van der Waals surface area (Å²) < 4.78 is 0. The van der Waals surface area contributed by atoms with Crippen LogP contribution in [0.4, 0.5) is 0 Å². The van der Waals surface area contributed by atoms with Crippen LogP contribution in [0.25, 0.3) is 0 Å². The maximum absolute atomic E-state index is 5.96. The van der Waals surface area contributed by atoms with E-state index in [4.69, 9.17) is 11.6 Å². The van der Waals surface area contributed by atoms with Crippen LogP contribution in [0.2, 0.25) is 0 Å². The molecule has 0 amide bonds. The third-order valence-corrected chi connectivity index (χ3v) is 3.75. The molecular weight excluding hydrogens is 170 g/mol. The first-order valence-corrected chi connectivity index (χ1v) is 5.77. The van der Waals surface area contributed by atoms with E-state index in [1.165, 1.54) is 45.1 Å². The Bertz CT molecular complexity index is 140. The van der Waals surface area contributed by atoms with Gasteiger partial charge in [-0.1, -0.05) is 12.8 Å². The lowest BCUT2D eigenvalue weighted by Crippen LogP contribution is -2.49. The van der Waals surface area contributed by atoms with Crippen LogP contribution >= 0.6 is 11.6 Å². The SMILES string of the molecule is ClCC1CCCC2CCCCN12. The molecule has 70 valence electrons. The lowest BCUT2D eigenvalue weighted by Gasteiger charge is -2.44. The molecule has 2 unspecified atom stereocenters. The molecule has 0 saturated carbocycles. The van der Waals surface area contributed by atoms with Crippen molar-refractivity contribution < 1.29 is 0 Å². The number of fused-ring (bicyclic) bond motifs is 1. The highest BCUT2D eigenvalue weighted by Crippen LogP contribution is 2.30. The van der Waals surface area contributed by atoms with E-state index < -0.39 is 0 Å². The van der Waals surface area contributed by atoms with Gasteiger partial charge in [0, 0.05) is 18.0 Å². The van der Waals surface area contributed by atoms with Crippen molar-refractivity contribution in [2.45, 2.75) is 50.6 Å². The molecule has 2 heteroatoms. The average molecular weight is 188 g/mol. The number of nitrogens with zero attached hydrogens (tertiary/aromatic N) is 1. The van der Waals surface area contributed by atoms with Gasteiger partial charge in [0.05, 0.1) is 0 Å². The molecule has 2 aliphatic rings. The van der Waals surface area contributed by atoms with Crippen LogP contribution in [0.15, 0.2) is 0 Å². The van der Waals surface area contributed by atoms with Gasteiger partial charge in [-0.3, -0.25) is 4.90 Å². The van der Waals surface area contributed by atoms with E-state index in [0.717, 1.165) is 11.9 Å². The molecular formula is C10H18ClN. The van der Waals surface area contributed by atoms with E-state index in [2.05, 4.69) is 4.90 Å². The van der Waals surface area contributed by atoms with Crippen molar-refractivity contribution in [2.75, 3.05) is 12.4 Å². The standard InChI is InChI=1S/C10H18ClN/c11-8-10-6-3-5-9-4-1-2-7-12(9)10/h9-10H,1-8H2. The summed E-state index contributed by atoms with van der Waals surface area (Å²) in [5.74, 6) is 0.844. The first-order valence-electron chi connectivity index (χ1n) is 5.23. The molecule has 0 radical (unpaired) electrons. The van der Waals surface area contributed by atoms with Crippen molar-refractivity contribution in [2.24, 2.45) is 0 Å². The zero-order valence-electron chi connectivity index (χ0n) is 7.64. The Kier molecular flexibility index (Phi) is 2.92. The van der Waals surface area contributed by atoms with Crippen molar-refractivity contribution in [3.63, 3.8) is 0 Å². The second-order valence-electron chi connectivity index (χ2n) is 4.13. The van der Waals surface area contributed by atoms with E-state index in [1.807, 2.05) is 0 Å². The summed E-state index contributed by atoms with van der Waals surface area (Å²) in [6.45, 7) is 1.31. The number of piperidine rings is 2. The lowest BCUT2D eigenvalue weighted by molar-refractivity contribution is 0.0630. The van der Waals surface area contributed by atoms with Crippen LogP contribution in [-0.2, 0) is 0 Å². The predicted molar refractivity (Wildman–Crippen MR) is 52.7 cm³/mol. The summed E-state index contributed by atoms with van der Waals surface area (Å²) in [7, 11) is 0. The zero-order valence-corrected chi connectivity index (χ0v) is 8.39. The molecule has 2 aliphatic heterocycles. The minimum absolute atomic E-state index is 0.700. The van der Waals surface area contributed by atoms with E-state index in [9.17, 15) is 0 Å². The molecule has 0 spiro atoms. The van der Waals surface area contributed by atoms with Crippen LogP contribution in [0.1, 0.15) is 38.5 Å². The normalized spacial score (nSPS) is 37.8. The van der Waals surface area contributed by atoms with Crippen molar-refractivity contribution in [3.8, 4) is 0 Å². The molecule has 1 nitrogen and oxygen atoms in total. The third-order valence-electron chi connectivity index (χ3n) is 3.39. The number of rotatable bonds is 1. The van der Waals surface area contributed by atoms with Crippen molar-refractivity contribution >= 4 is 11.6 Å². The molecule has 0 N–H and O–H groups in total. The van der Waals surface area contributed by atoms with Gasteiger partial charge in [-0.25, -0.2) is 0 Å². The van der Waals surface area contributed by atoms with Crippen LogP contribution < -0.4 is 0 Å². The van der Waals surface area contributed by atoms with Gasteiger partial charge in [0.1, 0.15) is 0 Å². The molecule has 2 fully saturated rings. The molecule has 12 heavy (non-hydrogen) atoms. The molecule has 2 atom stereocenters. The molecule has 0 bridgehead atoms. The summed E-state index contributed by atoms with van der Waals surface area (Å²) >= 11 is 5.96. The van der Waals surface area contributed by atoms with Gasteiger partial charge in [-0.2, -0.15) is 0 Å². The van der Waals surface area contributed by atoms with Gasteiger partial charge in [0.15, 0.2) is 0 Å². The van der Waals surface area contributed by atoms with E-state index in [0.29, 0.717) is 6.04 Å². The Hall–Kier alpha value is 0.250. The van der Waals surface area contributed by atoms with Gasteiger partial charge >= 0.3 is 0 Å². The van der Waals surface area contributed by atoms with Crippen LogP contribution in [0.5, 0.6) is 0 Å². The smallest absolute Gasteiger partial charge is 0.0379 e. The quantitative estimate of drug-likeness (QED) is 0.571. The highest BCUT2D eigenvalue weighted by atomic mass is 35.5. The molecule has 0 aromatic carbocycles. The van der Waals surface area contributed by atoms with E-state index in [-0.39, 0.29) is 0 Å². The molecule has 2 heterocycles. The zero-order chi connectivity index (χ0) is 8.39. The first-order chi connectivity index (χ1) is 5.92. The maximum Gasteiger partial charge on any atom is 0.0379 e. The molecule has 0 aliphatic carbocycles. The second kappa shape index (κ2) is 3.97. The van der Waals surface area contributed by atoms with Gasteiger partial charge in [-0.15, -0.1) is 11.6 Å². The van der Waals surface area contributed by atoms with Gasteiger partial charge in [-0.05, 0) is 32.2 Å². The molecule has 2 rings (SSSR count). The summed E-state index contributed by atoms with van der Waals surface area (Å²) in [6.07, 6.45) is 8.42. The Morgan fingerprint density at radius 2 is 1.92 bits per heavy atom. The Morgan fingerprint density at radius 3 is 2.75 bits per heavy atom. The number of hydrogen-bond acceptors (Lipinski definition) is 1. The number of alkyl halides is 1. The maximum atomic E-state index is 5.96. The summed E-state index contributed by atoms with van der Waals surface area (Å²) in [5, 5.41) is 0. The summed E-state index contributed by atoms with van der Waals surface area (Å²) in [4.78, 5) is 2.67.